The summed E-state index contributed by atoms with van der Waals surface area (Å²) in [6, 6.07) is 16.9. The summed E-state index contributed by atoms with van der Waals surface area (Å²) in [5, 5.41) is 10.5. The summed E-state index contributed by atoms with van der Waals surface area (Å²) in [4.78, 5) is 0. The average molecular weight is 210 g/mol. The highest BCUT2D eigenvalue weighted by molar-refractivity contribution is 5.82. The number of furan rings is 1. The van der Waals surface area contributed by atoms with Gasteiger partial charge in [-0.3, -0.25) is 0 Å². The normalized spacial score (nSPS) is 10.8. The molecule has 2 aromatic carbocycles. The zero-order chi connectivity index (χ0) is 11.0. The highest BCUT2D eigenvalue weighted by Gasteiger charge is 2.05. The lowest BCUT2D eigenvalue weighted by Gasteiger charge is -1.96. The SMILES string of the molecule is Oc1cccc(-c2cc3ccccc3o2)c1. The summed E-state index contributed by atoms with van der Waals surface area (Å²) in [6.45, 7) is 0. The van der Waals surface area contributed by atoms with Crippen LogP contribution in [0.3, 0.4) is 0 Å². The molecular formula is C14H10O2. The van der Waals surface area contributed by atoms with Crippen LogP contribution in [0.5, 0.6) is 5.75 Å². The molecule has 0 bridgehead atoms. The number of benzene rings is 2. The maximum absolute atomic E-state index is 9.41. The van der Waals surface area contributed by atoms with Gasteiger partial charge in [-0.2, -0.15) is 0 Å². The molecule has 3 rings (SSSR count). The zero-order valence-electron chi connectivity index (χ0n) is 8.55. The summed E-state index contributed by atoms with van der Waals surface area (Å²) in [5.74, 6) is 1.02. The molecule has 1 aromatic heterocycles. The second kappa shape index (κ2) is 3.42. The Kier molecular flexibility index (Phi) is 1.93. The van der Waals surface area contributed by atoms with Crippen molar-refractivity contribution in [3.8, 4) is 17.1 Å². The van der Waals surface area contributed by atoms with Crippen molar-refractivity contribution in [3.63, 3.8) is 0 Å². The van der Waals surface area contributed by atoms with Gasteiger partial charge in [-0.1, -0.05) is 30.3 Å². The highest BCUT2D eigenvalue weighted by Crippen LogP contribution is 2.29. The molecule has 0 radical (unpaired) electrons. The van der Waals surface area contributed by atoms with Crippen LogP contribution >= 0.6 is 0 Å². The minimum absolute atomic E-state index is 0.248. The molecule has 16 heavy (non-hydrogen) atoms. The van der Waals surface area contributed by atoms with Gasteiger partial charge in [0.15, 0.2) is 0 Å². The van der Waals surface area contributed by atoms with E-state index in [-0.39, 0.29) is 5.75 Å². The fourth-order valence-electron chi connectivity index (χ4n) is 1.78. The first kappa shape index (κ1) is 9.04. The van der Waals surface area contributed by atoms with Gasteiger partial charge in [0.25, 0.3) is 0 Å². The monoisotopic (exact) mass is 210 g/mol. The van der Waals surface area contributed by atoms with Crippen molar-refractivity contribution >= 4 is 11.0 Å². The van der Waals surface area contributed by atoms with E-state index in [0.717, 1.165) is 22.3 Å². The molecule has 78 valence electrons. The van der Waals surface area contributed by atoms with Crippen molar-refractivity contribution in [2.45, 2.75) is 0 Å². The van der Waals surface area contributed by atoms with E-state index in [1.54, 1.807) is 18.2 Å². The predicted octanol–water partition coefficient (Wildman–Crippen LogP) is 3.81. The first-order valence-corrected chi connectivity index (χ1v) is 5.11. The van der Waals surface area contributed by atoms with E-state index >= 15 is 0 Å². The molecular weight excluding hydrogens is 200 g/mol. The molecule has 0 aliphatic rings. The first-order valence-electron chi connectivity index (χ1n) is 5.11. The van der Waals surface area contributed by atoms with Gasteiger partial charge >= 0.3 is 0 Å². The van der Waals surface area contributed by atoms with Crippen molar-refractivity contribution in [1.82, 2.24) is 0 Å². The number of hydrogen-bond donors (Lipinski definition) is 1. The lowest BCUT2D eigenvalue weighted by Crippen LogP contribution is -1.71. The Morgan fingerprint density at radius 1 is 0.875 bits per heavy atom. The van der Waals surface area contributed by atoms with Crippen molar-refractivity contribution in [2.24, 2.45) is 0 Å². The molecule has 0 unspecified atom stereocenters. The summed E-state index contributed by atoms with van der Waals surface area (Å²) < 4.78 is 5.70. The molecule has 3 aromatic rings. The Morgan fingerprint density at radius 3 is 2.56 bits per heavy atom. The number of rotatable bonds is 1. The molecule has 0 amide bonds. The maximum atomic E-state index is 9.41. The largest absolute Gasteiger partial charge is 0.508 e. The van der Waals surface area contributed by atoms with E-state index in [9.17, 15) is 5.11 Å². The van der Waals surface area contributed by atoms with E-state index in [0.29, 0.717) is 0 Å². The third-order valence-corrected chi connectivity index (χ3v) is 2.56. The Bertz CT molecular complexity index is 605. The summed E-state index contributed by atoms with van der Waals surface area (Å²) in [5.41, 5.74) is 1.75. The van der Waals surface area contributed by atoms with E-state index in [2.05, 4.69) is 0 Å². The van der Waals surface area contributed by atoms with Gasteiger partial charge in [-0.25, -0.2) is 0 Å². The molecule has 0 saturated carbocycles. The second-order valence-electron chi connectivity index (χ2n) is 3.70. The van der Waals surface area contributed by atoms with Gasteiger partial charge in [-0.05, 0) is 24.3 Å². The second-order valence-corrected chi connectivity index (χ2v) is 3.70. The molecule has 0 spiro atoms. The average Bonchev–Trinajstić information content (AvgIpc) is 2.72. The maximum Gasteiger partial charge on any atom is 0.135 e. The van der Waals surface area contributed by atoms with Crippen molar-refractivity contribution in [2.75, 3.05) is 0 Å². The minimum Gasteiger partial charge on any atom is -0.508 e. The summed E-state index contributed by atoms with van der Waals surface area (Å²) in [7, 11) is 0. The third kappa shape index (κ3) is 1.44. The van der Waals surface area contributed by atoms with Gasteiger partial charge in [0.05, 0.1) is 0 Å². The number of para-hydroxylation sites is 1. The smallest absolute Gasteiger partial charge is 0.135 e. The van der Waals surface area contributed by atoms with Gasteiger partial charge in [-0.15, -0.1) is 0 Å². The molecule has 0 saturated heterocycles. The van der Waals surface area contributed by atoms with E-state index in [1.165, 1.54) is 0 Å². The van der Waals surface area contributed by atoms with Crippen LogP contribution in [-0.4, -0.2) is 5.11 Å². The molecule has 1 N–H and O–H groups in total. The van der Waals surface area contributed by atoms with Crippen molar-refractivity contribution < 1.29 is 9.52 Å². The summed E-state index contributed by atoms with van der Waals surface area (Å²) in [6.07, 6.45) is 0. The Morgan fingerprint density at radius 2 is 1.75 bits per heavy atom. The molecule has 0 aliphatic carbocycles. The zero-order valence-corrected chi connectivity index (χ0v) is 8.55. The topological polar surface area (TPSA) is 33.4 Å². The summed E-state index contributed by atoms with van der Waals surface area (Å²) >= 11 is 0. The molecule has 1 heterocycles. The number of aromatic hydroxyl groups is 1. The first-order chi connectivity index (χ1) is 7.83. The lowest BCUT2D eigenvalue weighted by molar-refractivity contribution is 0.475. The standard InChI is InChI=1S/C14H10O2/c15-12-6-3-5-10(8-12)14-9-11-4-1-2-7-13(11)16-14/h1-9,15H. The van der Waals surface area contributed by atoms with Gasteiger partial charge in [0.2, 0.25) is 0 Å². The quantitative estimate of drug-likeness (QED) is 0.662. The van der Waals surface area contributed by atoms with Gasteiger partial charge in [0, 0.05) is 10.9 Å². The van der Waals surface area contributed by atoms with Crippen LogP contribution in [0.1, 0.15) is 0 Å². The molecule has 2 nitrogen and oxygen atoms in total. The van der Waals surface area contributed by atoms with Crippen molar-refractivity contribution in [3.05, 3.63) is 54.6 Å². The Balaban J connectivity index is 2.19. The Labute approximate surface area is 92.8 Å². The molecule has 2 heteroatoms. The van der Waals surface area contributed by atoms with Crippen LogP contribution in [0, 0.1) is 0 Å². The van der Waals surface area contributed by atoms with Crippen LogP contribution in [0.15, 0.2) is 59.0 Å². The molecule has 0 atom stereocenters. The van der Waals surface area contributed by atoms with Crippen molar-refractivity contribution in [1.29, 1.82) is 0 Å². The fourth-order valence-corrected chi connectivity index (χ4v) is 1.78. The minimum atomic E-state index is 0.248. The van der Waals surface area contributed by atoms with Crippen LogP contribution in [0.4, 0.5) is 0 Å². The number of hydrogen-bond acceptors (Lipinski definition) is 2. The Hall–Kier alpha value is -2.22. The van der Waals surface area contributed by atoms with E-state index in [1.807, 2.05) is 36.4 Å². The van der Waals surface area contributed by atoms with E-state index < -0.39 is 0 Å². The van der Waals surface area contributed by atoms with Crippen LogP contribution < -0.4 is 0 Å². The number of phenolic OH excluding ortho intramolecular Hbond substituents is 1. The van der Waals surface area contributed by atoms with Crippen LogP contribution in [0.25, 0.3) is 22.3 Å². The molecule has 0 fully saturated rings. The lowest BCUT2D eigenvalue weighted by atomic mass is 10.1. The van der Waals surface area contributed by atoms with Crippen LogP contribution in [-0.2, 0) is 0 Å². The van der Waals surface area contributed by atoms with Gasteiger partial charge in [0.1, 0.15) is 17.1 Å². The highest BCUT2D eigenvalue weighted by atomic mass is 16.3. The van der Waals surface area contributed by atoms with E-state index in [4.69, 9.17) is 4.42 Å². The van der Waals surface area contributed by atoms with Crippen LogP contribution in [0.2, 0.25) is 0 Å². The molecule has 0 aliphatic heterocycles. The number of fused-ring (bicyclic) bond motifs is 1. The third-order valence-electron chi connectivity index (χ3n) is 2.56. The predicted molar refractivity (Wildman–Crippen MR) is 63.3 cm³/mol. The number of phenols is 1. The van der Waals surface area contributed by atoms with Gasteiger partial charge < -0.3 is 9.52 Å². The fraction of sp³-hybridized carbons (Fsp3) is 0.